The van der Waals surface area contributed by atoms with Gasteiger partial charge in [-0.1, -0.05) is 45.3 Å². The highest BCUT2D eigenvalue weighted by Gasteiger charge is 2.64. The van der Waals surface area contributed by atoms with Crippen molar-refractivity contribution in [1.82, 2.24) is 4.90 Å². The second kappa shape index (κ2) is 8.40. The number of nitrogens with zero attached hydrogens (tertiary/aromatic N) is 1. The van der Waals surface area contributed by atoms with E-state index in [1.807, 2.05) is 5.57 Å². The molecule has 2 nitrogen and oxygen atoms in total. The molecule has 0 aromatic heterocycles. The molecule has 0 N–H and O–H groups in total. The minimum absolute atomic E-state index is 0.496. The van der Waals surface area contributed by atoms with Crippen LogP contribution in [-0.4, -0.2) is 36.7 Å². The summed E-state index contributed by atoms with van der Waals surface area (Å²) in [7, 11) is 0. The lowest BCUT2D eigenvalue weighted by Gasteiger charge is -2.58. The molecular formula is C30H49NO. The van der Waals surface area contributed by atoms with Crippen LogP contribution in [0.25, 0.3) is 0 Å². The number of rotatable bonds is 5. The summed E-state index contributed by atoms with van der Waals surface area (Å²) in [5, 5.41) is 0. The van der Waals surface area contributed by atoms with E-state index in [0.717, 1.165) is 54.9 Å². The molecule has 6 aliphatic rings. The van der Waals surface area contributed by atoms with E-state index in [9.17, 15) is 0 Å². The average molecular weight is 440 g/mol. The zero-order valence-electron chi connectivity index (χ0n) is 21.3. The quantitative estimate of drug-likeness (QED) is 0.331. The summed E-state index contributed by atoms with van der Waals surface area (Å²) in [6, 6.07) is 1.88. The highest BCUT2D eigenvalue weighted by molar-refractivity contribution is 5.26. The topological polar surface area (TPSA) is 12.5 Å². The second-order valence-electron chi connectivity index (χ2n) is 13.4. The molecule has 0 bridgehead atoms. The van der Waals surface area contributed by atoms with Crippen molar-refractivity contribution in [3.63, 3.8) is 0 Å². The summed E-state index contributed by atoms with van der Waals surface area (Å²) in [4.78, 5) is 3.02. The zero-order chi connectivity index (χ0) is 21.9. The number of unbranched alkanes of at least 4 members (excludes halogenated alkanes) is 1. The van der Waals surface area contributed by atoms with Crippen LogP contribution >= 0.6 is 0 Å². The number of fused-ring (bicyclic) bond motifs is 9. The first-order chi connectivity index (χ1) is 15.5. The maximum absolute atomic E-state index is 6.06. The van der Waals surface area contributed by atoms with Crippen LogP contribution in [0.3, 0.4) is 0 Å². The van der Waals surface area contributed by atoms with Gasteiger partial charge in [-0.05, 0) is 118 Å². The van der Waals surface area contributed by atoms with E-state index in [4.69, 9.17) is 4.74 Å². The van der Waals surface area contributed by atoms with Crippen molar-refractivity contribution in [2.24, 2.45) is 40.4 Å². The molecule has 0 aromatic rings. The Morgan fingerprint density at radius 3 is 2.81 bits per heavy atom. The van der Waals surface area contributed by atoms with Gasteiger partial charge in [0, 0.05) is 25.3 Å². The van der Waals surface area contributed by atoms with Gasteiger partial charge >= 0.3 is 0 Å². The summed E-state index contributed by atoms with van der Waals surface area (Å²) >= 11 is 0. The van der Waals surface area contributed by atoms with Crippen LogP contribution in [0.1, 0.15) is 104 Å². The largest absolute Gasteiger partial charge is 0.381 e. The summed E-state index contributed by atoms with van der Waals surface area (Å²) in [5.41, 5.74) is 2.97. The minimum Gasteiger partial charge on any atom is -0.381 e. The van der Waals surface area contributed by atoms with Gasteiger partial charge in [-0.3, -0.25) is 4.90 Å². The standard InChI is InChI=1S/C30H49NO/c1-4-5-16-32-20-21-11-13-29(2)22(17-21)9-10-24-25(29)12-14-30(3)26(24)19-28-27(30)18-23-8-6-7-15-31(23)28/h9,21,23-28H,4-8,10-20H2,1-3H3/t21-,23?,24?,25?,26?,27?,28?,29-,30-/m0/s1. The number of allylic oxidation sites excluding steroid dienone is 2. The van der Waals surface area contributed by atoms with Gasteiger partial charge in [0.25, 0.3) is 0 Å². The summed E-state index contributed by atoms with van der Waals surface area (Å²) in [6.07, 6.45) is 21.3. The molecule has 0 amide bonds. The molecule has 3 saturated carbocycles. The molecular weight excluding hydrogens is 390 g/mol. The van der Waals surface area contributed by atoms with E-state index >= 15 is 0 Å². The summed E-state index contributed by atoms with van der Waals surface area (Å²) < 4.78 is 6.06. The molecule has 32 heavy (non-hydrogen) atoms. The molecule has 0 aromatic carbocycles. The number of hydrogen-bond acceptors (Lipinski definition) is 2. The van der Waals surface area contributed by atoms with Gasteiger partial charge in [0.2, 0.25) is 0 Å². The Morgan fingerprint density at radius 2 is 1.94 bits per heavy atom. The van der Waals surface area contributed by atoms with Gasteiger partial charge in [0.05, 0.1) is 0 Å². The normalized spacial score (nSPS) is 50.1. The fourth-order valence-electron chi connectivity index (χ4n) is 10.3. The van der Waals surface area contributed by atoms with E-state index < -0.39 is 0 Å². The third-order valence-corrected chi connectivity index (χ3v) is 12.1. The third kappa shape index (κ3) is 3.32. The first-order valence-electron chi connectivity index (χ1n) is 14.6. The second-order valence-corrected chi connectivity index (χ2v) is 13.4. The molecule has 6 unspecified atom stereocenters. The highest BCUT2D eigenvalue weighted by Crippen LogP contribution is 2.69. The Morgan fingerprint density at radius 1 is 1.03 bits per heavy atom. The lowest BCUT2D eigenvalue weighted by Crippen LogP contribution is -2.50. The fraction of sp³-hybridized carbons (Fsp3) is 0.933. The van der Waals surface area contributed by atoms with Gasteiger partial charge in [-0.25, -0.2) is 0 Å². The van der Waals surface area contributed by atoms with E-state index in [-0.39, 0.29) is 0 Å². The fourth-order valence-corrected chi connectivity index (χ4v) is 10.3. The van der Waals surface area contributed by atoms with Crippen molar-refractivity contribution in [2.45, 2.75) is 116 Å². The van der Waals surface area contributed by atoms with Crippen molar-refractivity contribution < 1.29 is 4.74 Å². The first-order valence-corrected chi connectivity index (χ1v) is 14.6. The smallest absolute Gasteiger partial charge is 0.0497 e. The Labute approximate surface area is 197 Å². The lowest BCUT2D eigenvalue weighted by molar-refractivity contribution is -0.0485. The van der Waals surface area contributed by atoms with Crippen LogP contribution in [0.2, 0.25) is 0 Å². The number of hydrogen-bond donors (Lipinski definition) is 0. The maximum atomic E-state index is 6.06. The molecule has 5 fully saturated rings. The molecule has 9 atom stereocenters. The molecule has 2 aliphatic heterocycles. The van der Waals surface area contributed by atoms with Crippen molar-refractivity contribution in [3.05, 3.63) is 11.6 Å². The van der Waals surface area contributed by atoms with Crippen molar-refractivity contribution in [1.29, 1.82) is 0 Å². The SMILES string of the molecule is CCCCOC[C@H]1CC[C@@]2(C)C(=CCC3C4CC5C(CC6CCCCN65)[C@@]4(C)CCC32)C1. The minimum atomic E-state index is 0.496. The molecule has 4 aliphatic carbocycles. The molecule has 2 saturated heterocycles. The lowest BCUT2D eigenvalue weighted by atomic mass is 9.47. The average Bonchev–Trinajstić information content (AvgIpc) is 3.31. The van der Waals surface area contributed by atoms with E-state index in [1.54, 1.807) is 0 Å². The monoisotopic (exact) mass is 439 g/mol. The molecule has 0 radical (unpaired) electrons. The van der Waals surface area contributed by atoms with Crippen LogP contribution in [0.15, 0.2) is 11.6 Å². The Kier molecular flexibility index (Phi) is 5.81. The van der Waals surface area contributed by atoms with E-state index in [1.165, 1.54) is 90.0 Å². The van der Waals surface area contributed by atoms with E-state index in [2.05, 4.69) is 31.7 Å². The summed E-state index contributed by atoms with van der Waals surface area (Å²) in [5.74, 6) is 4.69. The van der Waals surface area contributed by atoms with Crippen LogP contribution in [0, 0.1) is 40.4 Å². The molecule has 0 spiro atoms. The zero-order valence-corrected chi connectivity index (χ0v) is 21.3. The first kappa shape index (κ1) is 22.1. The van der Waals surface area contributed by atoms with Gasteiger partial charge in [0.1, 0.15) is 0 Å². The molecule has 2 heterocycles. The molecule has 6 rings (SSSR count). The van der Waals surface area contributed by atoms with Gasteiger partial charge in [-0.2, -0.15) is 0 Å². The third-order valence-electron chi connectivity index (χ3n) is 12.1. The van der Waals surface area contributed by atoms with Crippen LogP contribution in [-0.2, 0) is 4.74 Å². The van der Waals surface area contributed by atoms with E-state index in [0.29, 0.717) is 10.8 Å². The maximum Gasteiger partial charge on any atom is 0.0497 e. The van der Waals surface area contributed by atoms with Crippen LogP contribution < -0.4 is 0 Å². The Balaban J connectivity index is 1.18. The van der Waals surface area contributed by atoms with Crippen molar-refractivity contribution in [3.8, 4) is 0 Å². The van der Waals surface area contributed by atoms with Crippen LogP contribution in [0.5, 0.6) is 0 Å². The molecule has 180 valence electrons. The van der Waals surface area contributed by atoms with Crippen molar-refractivity contribution >= 4 is 0 Å². The highest BCUT2D eigenvalue weighted by atomic mass is 16.5. The molecule has 2 heteroatoms. The number of ether oxygens (including phenoxy) is 1. The van der Waals surface area contributed by atoms with Gasteiger partial charge in [-0.15, -0.1) is 0 Å². The van der Waals surface area contributed by atoms with Gasteiger partial charge in [0.15, 0.2) is 0 Å². The predicted octanol–water partition coefficient (Wildman–Crippen LogP) is 7.24. The van der Waals surface area contributed by atoms with Gasteiger partial charge < -0.3 is 4.74 Å². The Bertz CT molecular complexity index is 730. The number of piperidine rings is 1. The Hall–Kier alpha value is -0.340. The van der Waals surface area contributed by atoms with Crippen molar-refractivity contribution in [2.75, 3.05) is 19.8 Å². The summed E-state index contributed by atoms with van der Waals surface area (Å²) in [6.45, 7) is 11.1. The predicted molar refractivity (Wildman–Crippen MR) is 133 cm³/mol. The van der Waals surface area contributed by atoms with Crippen LogP contribution in [0.4, 0.5) is 0 Å².